The van der Waals surface area contributed by atoms with Crippen LogP contribution in [0.2, 0.25) is 0 Å². The molecule has 0 spiro atoms. The van der Waals surface area contributed by atoms with Gasteiger partial charge in [-0.3, -0.25) is 0 Å². The van der Waals surface area contributed by atoms with E-state index in [4.69, 9.17) is 4.74 Å². The molecule has 2 rings (SSSR count). The summed E-state index contributed by atoms with van der Waals surface area (Å²) in [4.78, 5) is 0. The Hall–Kier alpha value is -0.0800. The Kier molecular flexibility index (Phi) is 2.61. The third-order valence-corrected chi connectivity index (χ3v) is 3.55. The molecule has 0 radical (unpaired) electrons. The van der Waals surface area contributed by atoms with Gasteiger partial charge in [-0.05, 0) is 52.5 Å². The molecule has 76 valence electrons. The molecule has 2 heteroatoms. The van der Waals surface area contributed by atoms with Gasteiger partial charge >= 0.3 is 0 Å². The van der Waals surface area contributed by atoms with Crippen LogP contribution >= 0.6 is 0 Å². The predicted octanol–water partition coefficient (Wildman–Crippen LogP) is 2.09. The molecule has 0 heterocycles. The zero-order chi connectivity index (χ0) is 9.31. The Balaban J connectivity index is 1.74. The summed E-state index contributed by atoms with van der Waals surface area (Å²) < 4.78 is 5.91. The van der Waals surface area contributed by atoms with Gasteiger partial charge in [0.1, 0.15) is 0 Å². The van der Waals surface area contributed by atoms with Crippen molar-refractivity contribution in [2.75, 3.05) is 7.05 Å². The van der Waals surface area contributed by atoms with Crippen molar-refractivity contribution in [2.24, 2.45) is 0 Å². The van der Waals surface area contributed by atoms with Gasteiger partial charge in [-0.1, -0.05) is 0 Å². The largest absolute Gasteiger partial charge is 0.375 e. The zero-order valence-electron chi connectivity index (χ0n) is 8.81. The predicted molar refractivity (Wildman–Crippen MR) is 53.8 cm³/mol. The fraction of sp³-hybridized carbons (Fsp3) is 1.00. The molecule has 0 aromatic carbocycles. The van der Waals surface area contributed by atoms with Crippen LogP contribution in [0.1, 0.15) is 45.4 Å². The van der Waals surface area contributed by atoms with E-state index in [9.17, 15) is 0 Å². The highest BCUT2D eigenvalue weighted by Crippen LogP contribution is 2.33. The van der Waals surface area contributed by atoms with E-state index in [1.807, 2.05) is 0 Å². The molecule has 2 aliphatic rings. The summed E-state index contributed by atoms with van der Waals surface area (Å²) in [7, 11) is 2.07. The number of hydrogen-bond acceptors (Lipinski definition) is 2. The van der Waals surface area contributed by atoms with Crippen molar-refractivity contribution >= 4 is 0 Å². The van der Waals surface area contributed by atoms with Gasteiger partial charge in [0.15, 0.2) is 0 Å². The van der Waals surface area contributed by atoms with Gasteiger partial charge in [-0.25, -0.2) is 0 Å². The first-order valence-electron chi connectivity index (χ1n) is 5.56. The number of hydrogen-bond donors (Lipinski definition) is 1. The minimum absolute atomic E-state index is 0.378. The molecule has 2 nitrogen and oxygen atoms in total. The van der Waals surface area contributed by atoms with E-state index in [0.717, 1.165) is 0 Å². The van der Waals surface area contributed by atoms with E-state index in [0.29, 0.717) is 17.7 Å². The molecule has 2 aliphatic carbocycles. The minimum Gasteiger partial charge on any atom is -0.375 e. The molecule has 0 atom stereocenters. The second kappa shape index (κ2) is 3.58. The van der Waals surface area contributed by atoms with Crippen molar-refractivity contribution in [3.05, 3.63) is 0 Å². The van der Waals surface area contributed by atoms with Crippen LogP contribution < -0.4 is 5.32 Å². The van der Waals surface area contributed by atoms with Crippen LogP contribution in [0.4, 0.5) is 0 Å². The molecule has 0 amide bonds. The maximum Gasteiger partial charge on any atom is 0.0580 e. The number of nitrogens with one attached hydrogen (secondary N) is 1. The third-order valence-electron chi connectivity index (χ3n) is 3.55. The van der Waals surface area contributed by atoms with Crippen LogP contribution in [0.5, 0.6) is 0 Å². The molecule has 2 fully saturated rings. The molecular formula is C11H21NO. The Morgan fingerprint density at radius 2 is 1.62 bits per heavy atom. The molecule has 2 saturated carbocycles. The van der Waals surface area contributed by atoms with Crippen molar-refractivity contribution < 1.29 is 4.74 Å². The van der Waals surface area contributed by atoms with E-state index < -0.39 is 0 Å². The monoisotopic (exact) mass is 183 g/mol. The molecule has 0 aliphatic heterocycles. The fourth-order valence-corrected chi connectivity index (χ4v) is 2.09. The second-order valence-electron chi connectivity index (χ2n) is 4.85. The van der Waals surface area contributed by atoms with Gasteiger partial charge in [0.25, 0.3) is 0 Å². The lowest BCUT2D eigenvalue weighted by Crippen LogP contribution is -2.44. The van der Waals surface area contributed by atoms with Gasteiger partial charge in [0.05, 0.1) is 12.2 Å². The minimum atomic E-state index is 0.378. The SMILES string of the molecule is CNC1(C)CCC(OC2CC2)CC1. The first-order valence-corrected chi connectivity index (χ1v) is 5.56. The first-order chi connectivity index (χ1) is 6.22. The summed E-state index contributed by atoms with van der Waals surface area (Å²) in [5.41, 5.74) is 0.378. The summed E-state index contributed by atoms with van der Waals surface area (Å²) in [5, 5.41) is 3.41. The molecule has 0 saturated heterocycles. The van der Waals surface area contributed by atoms with Crippen LogP contribution in [0, 0.1) is 0 Å². The van der Waals surface area contributed by atoms with Crippen LogP contribution in [-0.2, 0) is 4.74 Å². The third kappa shape index (κ3) is 2.44. The van der Waals surface area contributed by atoms with Crippen molar-refractivity contribution in [1.82, 2.24) is 5.32 Å². The van der Waals surface area contributed by atoms with Crippen LogP contribution in [0.15, 0.2) is 0 Å². The summed E-state index contributed by atoms with van der Waals surface area (Å²) >= 11 is 0. The van der Waals surface area contributed by atoms with Crippen molar-refractivity contribution in [3.63, 3.8) is 0 Å². The molecular weight excluding hydrogens is 162 g/mol. The van der Waals surface area contributed by atoms with Crippen molar-refractivity contribution in [3.8, 4) is 0 Å². The topological polar surface area (TPSA) is 21.3 Å². The summed E-state index contributed by atoms with van der Waals surface area (Å²) in [6.45, 7) is 2.32. The van der Waals surface area contributed by atoms with Crippen LogP contribution in [-0.4, -0.2) is 24.8 Å². The first kappa shape index (κ1) is 9.47. The quantitative estimate of drug-likeness (QED) is 0.723. The molecule has 0 unspecified atom stereocenters. The molecule has 13 heavy (non-hydrogen) atoms. The summed E-state index contributed by atoms with van der Waals surface area (Å²) in [6, 6.07) is 0. The fourth-order valence-electron chi connectivity index (χ4n) is 2.09. The van der Waals surface area contributed by atoms with Crippen LogP contribution in [0.3, 0.4) is 0 Å². The zero-order valence-corrected chi connectivity index (χ0v) is 8.81. The van der Waals surface area contributed by atoms with Gasteiger partial charge < -0.3 is 10.1 Å². The van der Waals surface area contributed by atoms with Gasteiger partial charge in [0.2, 0.25) is 0 Å². The lowest BCUT2D eigenvalue weighted by molar-refractivity contribution is 0.000701. The standard InChI is InChI=1S/C11H21NO/c1-11(12-2)7-5-10(6-8-11)13-9-3-4-9/h9-10,12H,3-8H2,1-2H3. The molecule has 0 aromatic rings. The average Bonchev–Trinajstić information content (AvgIpc) is 2.93. The lowest BCUT2D eigenvalue weighted by Gasteiger charge is -2.37. The Morgan fingerprint density at radius 3 is 2.08 bits per heavy atom. The van der Waals surface area contributed by atoms with Gasteiger partial charge in [-0.2, -0.15) is 0 Å². The van der Waals surface area contributed by atoms with Crippen LogP contribution in [0.25, 0.3) is 0 Å². The maximum atomic E-state index is 5.91. The maximum absolute atomic E-state index is 5.91. The highest BCUT2D eigenvalue weighted by atomic mass is 16.5. The number of rotatable bonds is 3. The van der Waals surface area contributed by atoms with Gasteiger partial charge in [-0.15, -0.1) is 0 Å². The Bertz CT molecular complexity index is 169. The molecule has 1 N–H and O–H groups in total. The van der Waals surface area contributed by atoms with E-state index >= 15 is 0 Å². The van der Waals surface area contributed by atoms with Crippen molar-refractivity contribution in [2.45, 2.75) is 63.2 Å². The van der Waals surface area contributed by atoms with Gasteiger partial charge in [0, 0.05) is 5.54 Å². The smallest absolute Gasteiger partial charge is 0.0580 e. The number of ether oxygens (including phenoxy) is 1. The Morgan fingerprint density at radius 1 is 1.08 bits per heavy atom. The summed E-state index contributed by atoms with van der Waals surface area (Å²) in [6.07, 6.45) is 8.82. The highest BCUT2D eigenvalue weighted by Gasteiger charge is 2.33. The normalized spacial score (nSPS) is 40.6. The average molecular weight is 183 g/mol. The second-order valence-corrected chi connectivity index (χ2v) is 4.85. The van der Waals surface area contributed by atoms with E-state index in [1.54, 1.807) is 0 Å². The van der Waals surface area contributed by atoms with Crippen molar-refractivity contribution in [1.29, 1.82) is 0 Å². The van der Waals surface area contributed by atoms with E-state index in [-0.39, 0.29) is 0 Å². The summed E-state index contributed by atoms with van der Waals surface area (Å²) in [5.74, 6) is 0. The van der Waals surface area contributed by atoms with E-state index in [1.165, 1.54) is 38.5 Å². The highest BCUT2D eigenvalue weighted by molar-refractivity contribution is 4.89. The Labute approximate surface area is 81.0 Å². The molecule has 0 bridgehead atoms. The van der Waals surface area contributed by atoms with E-state index in [2.05, 4.69) is 19.3 Å². The molecule has 0 aromatic heterocycles. The lowest BCUT2D eigenvalue weighted by atomic mass is 9.82.